The number of benzene rings is 2. The second kappa shape index (κ2) is 7.70. The summed E-state index contributed by atoms with van der Waals surface area (Å²) in [7, 11) is 0. The van der Waals surface area contributed by atoms with Crippen LogP contribution in [0.4, 0.5) is 5.69 Å². The largest absolute Gasteiger partial charge is 0.385 e. The van der Waals surface area contributed by atoms with Gasteiger partial charge < -0.3 is 5.32 Å². The molecule has 0 radical (unpaired) electrons. The van der Waals surface area contributed by atoms with Gasteiger partial charge in [-0.15, -0.1) is 4.68 Å². The van der Waals surface area contributed by atoms with Crippen LogP contribution < -0.4 is 10.00 Å². The van der Waals surface area contributed by atoms with Crippen molar-refractivity contribution in [3.05, 3.63) is 64.9 Å². The monoisotopic (exact) mass is 379 g/mol. The number of thioether (sulfide) groups is 1. The number of hydrogen-bond acceptors (Lipinski definition) is 3. The molecule has 1 heterocycles. The Labute approximate surface area is 153 Å². The Balaban J connectivity index is 1.64. The molecule has 2 aromatic carbocycles. The molecule has 0 bridgehead atoms. The summed E-state index contributed by atoms with van der Waals surface area (Å²) >= 11 is 13.2. The third-order valence-electron chi connectivity index (χ3n) is 3.05. The van der Waals surface area contributed by atoms with Gasteiger partial charge in [0.25, 0.3) is 0 Å². The molecule has 0 aliphatic carbocycles. The number of halogens is 2. The zero-order valence-electron chi connectivity index (χ0n) is 12.4. The van der Waals surface area contributed by atoms with Gasteiger partial charge in [-0.05, 0) is 47.1 Å². The van der Waals surface area contributed by atoms with Crippen LogP contribution >= 0.6 is 35.0 Å². The number of para-hydroxylation sites is 1. The molecule has 0 atom stereocenters. The maximum Gasteiger partial charge on any atom is 0.385 e. The number of hydrogen-bond donors (Lipinski definition) is 2. The van der Waals surface area contributed by atoms with Gasteiger partial charge in [0.15, 0.2) is 5.69 Å². The molecule has 0 saturated carbocycles. The molecule has 3 aromatic rings. The first-order chi connectivity index (χ1) is 11.6. The Morgan fingerprint density at radius 3 is 2.58 bits per heavy atom. The van der Waals surface area contributed by atoms with Gasteiger partial charge in [-0.3, -0.25) is 4.79 Å². The average molecular weight is 380 g/mol. The molecule has 0 unspecified atom stereocenters. The topological polar surface area (TPSA) is 61.7 Å². The summed E-state index contributed by atoms with van der Waals surface area (Å²) in [6, 6.07) is 14.6. The first-order valence-corrected chi connectivity index (χ1v) is 8.75. The molecular formula is C16H13Cl2N4OS+. The molecule has 122 valence electrons. The van der Waals surface area contributed by atoms with Crippen molar-refractivity contribution in [3.8, 4) is 5.69 Å². The standard InChI is InChI=1S/C16H12Cl2N4OS/c17-11-6-12(18)8-13(7-11)21-15(23)9-24-16-19-10-20-22(16)14-4-2-1-3-5-14/h1-8,10H,9H2,(H,21,23)/p+1. The highest BCUT2D eigenvalue weighted by Gasteiger charge is 2.18. The van der Waals surface area contributed by atoms with Crippen LogP contribution in [0.25, 0.3) is 5.69 Å². The Hall–Kier alpha value is -2.02. The van der Waals surface area contributed by atoms with Crippen LogP contribution in [0.1, 0.15) is 0 Å². The van der Waals surface area contributed by atoms with Crippen molar-refractivity contribution in [2.75, 3.05) is 11.1 Å². The number of amides is 1. The second-order valence-corrected chi connectivity index (χ2v) is 6.65. The van der Waals surface area contributed by atoms with Gasteiger partial charge in [0.1, 0.15) is 0 Å². The third kappa shape index (κ3) is 4.29. The highest BCUT2D eigenvalue weighted by atomic mass is 35.5. The van der Waals surface area contributed by atoms with Crippen LogP contribution in [0, 0.1) is 0 Å². The molecule has 1 aromatic heterocycles. The summed E-state index contributed by atoms with van der Waals surface area (Å²) in [5, 5.41) is 7.44. The summed E-state index contributed by atoms with van der Waals surface area (Å²) in [6.07, 6.45) is 1.59. The normalized spacial score (nSPS) is 10.6. The first kappa shape index (κ1) is 16.8. The predicted molar refractivity (Wildman–Crippen MR) is 95.9 cm³/mol. The summed E-state index contributed by atoms with van der Waals surface area (Å²) in [6.45, 7) is 0. The van der Waals surface area contributed by atoms with Crippen LogP contribution in [0.2, 0.25) is 10.0 Å². The lowest BCUT2D eigenvalue weighted by Crippen LogP contribution is -2.35. The molecule has 0 fully saturated rings. The van der Waals surface area contributed by atoms with Crippen LogP contribution in [0.15, 0.2) is 60.0 Å². The fourth-order valence-corrected chi connectivity index (χ4v) is 3.34. The van der Waals surface area contributed by atoms with E-state index in [0.717, 1.165) is 5.69 Å². The van der Waals surface area contributed by atoms with Crippen molar-refractivity contribution < 1.29 is 9.48 Å². The molecule has 0 spiro atoms. The molecule has 5 nitrogen and oxygen atoms in total. The zero-order chi connectivity index (χ0) is 16.9. The zero-order valence-corrected chi connectivity index (χ0v) is 14.7. The van der Waals surface area contributed by atoms with E-state index in [2.05, 4.69) is 15.4 Å². The molecule has 0 aliphatic heterocycles. The van der Waals surface area contributed by atoms with E-state index >= 15 is 0 Å². The number of H-pyrrole nitrogens is 1. The van der Waals surface area contributed by atoms with Crippen molar-refractivity contribution in [3.63, 3.8) is 0 Å². The highest BCUT2D eigenvalue weighted by molar-refractivity contribution is 7.99. The lowest BCUT2D eigenvalue weighted by Gasteiger charge is -2.05. The van der Waals surface area contributed by atoms with E-state index in [1.54, 1.807) is 24.5 Å². The number of nitrogens with zero attached hydrogens (tertiary/aromatic N) is 2. The van der Waals surface area contributed by atoms with Gasteiger partial charge in [0.05, 0.1) is 5.75 Å². The Bertz CT molecular complexity index is 834. The van der Waals surface area contributed by atoms with Gasteiger partial charge >= 0.3 is 5.16 Å². The van der Waals surface area contributed by atoms with Crippen molar-refractivity contribution in [2.45, 2.75) is 5.16 Å². The van der Waals surface area contributed by atoms with Crippen molar-refractivity contribution in [1.82, 2.24) is 10.1 Å². The first-order valence-electron chi connectivity index (χ1n) is 7.01. The van der Waals surface area contributed by atoms with Gasteiger partial charge in [-0.2, -0.15) is 5.10 Å². The minimum atomic E-state index is -0.166. The Kier molecular flexibility index (Phi) is 5.40. The Morgan fingerprint density at radius 2 is 1.88 bits per heavy atom. The highest BCUT2D eigenvalue weighted by Crippen LogP contribution is 2.22. The second-order valence-electron chi connectivity index (χ2n) is 4.84. The maximum absolute atomic E-state index is 12.1. The van der Waals surface area contributed by atoms with E-state index in [0.29, 0.717) is 20.9 Å². The van der Waals surface area contributed by atoms with Crippen LogP contribution in [0.3, 0.4) is 0 Å². The van der Waals surface area contributed by atoms with E-state index < -0.39 is 0 Å². The van der Waals surface area contributed by atoms with Crippen molar-refractivity contribution in [1.29, 1.82) is 0 Å². The van der Waals surface area contributed by atoms with Gasteiger partial charge in [0, 0.05) is 15.7 Å². The quantitative estimate of drug-likeness (QED) is 0.524. The molecule has 24 heavy (non-hydrogen) atoms. The molecule has 3 rings (SSSR count). The molecule has 0 aliphatic rings. The maximum atomic E-state index is 12.1. The molecule has 0 saturated heterocycles. The van der Waals surface area contributed by atoms with Crippen LogP contribution in [0.5, 0.6) is 0 Å². The van der Waals surface area contributed by atoms with E-state index in [-0.39, 0.29) is 11.7 Å². The number of carbonyl (C=O) groups excluding carboxylic acids is 1. The number of nitrogens with one attached hydrogen (secondary N) is 2. The fraction of sp³-hybridized carbons (Fsp3) is 0.0625. The molecular weight excluding hydrogens is 367 g/mol. The average Bonchev–Trinajstić information content (AvgIpc) is 3.01. The van der Waals surface area contributed by atoms with Gasteiger partial charge in [-0.25, -0.2) is 0 Å². The van der Waals surface area contributed by atoms with Crippen molar-refractivity contribution in [2.24, 2.45) is 0 Å². The van der Waals surface area contributed by atoms with Gasteiger partial charge in [0.2, 0.25) is 12.2 Å². The lowest BCUT2D eigenvalue weighted by atomic mass is 10.3. The SMILES string of the molecule is O=C(CSc1nc[nH][n+]1-c1ccccc1)Nc1cc(Cl)cc(Cl)c1. The van der Waals surface area contributed by atoms with E-state index in [4.69, 9.17) is 23.2 Å². The van der Waals surface area contributed by atoms with Crippen molar-refractivity contribution >= 4 is 46.6 Å². The minimum Gasteiger partial charge on any atom is -0.325 e. The number of aromatic amines is 1. The number of rotatable bonds is 5. The Morgan fingerprint density at radius 1 is 1.17 bits per heavy atom. The summed E-state index contributed by atoms with van der Waals surface area (Å²) in [5.41, 5.74) is 1.51. The smallest absolute Gasteiger partial charge is 0.325 e. The minimum absolute atomic E-state index is 0.166. The number of carbonyl (C=O) groups is 1. The summed E-state index contributed by atoms with van der Waals surface area (Å²) in [4.78, 5) is 16.4. The summed E-state index contributed by atoms with van der Waals surface area (Å²) in [5.74, 6) is 0.0443. The number of aromatic nitrogens is 3. The van der Waals surface area contributed by atoms with Crippen LogP contribution in [-0.2, 0) is 4.79 Å². The predicted octanol–water partition coefficient (Wildman–Crippen LogP) is 3.72. The molecule has 2 N–H and O–H groups in total. The summed E-state index contributed by atoms with van der Waals surface area (Å²) < 4.78 is 1.81. The molecule has 8 heteroatoms. The lowest BCUT2D eigenvalue weighted by molar-refractivity contribution is -0.694. The molecule has 1 amide bonds. The third-order valence-corrected chi connectivity index (χ3v) is 4.44. The fourth-order valence-electron chi connectivity index (χ4n) is 2.07. The van der Waals surface area contributed by atoms with E-state index in [9.17, 15) is 4.79 Å². The van der Waals surface area contributed by atoms with Crippen LogP contribution in [-0.4, -0.2) is 21.7 Å². The van der Waals surface area contributed by atoms with E-state index in [1.807, 2.05) is 35.0 Å². The number of anilines is 1. The van der Waals surface area contributed by atoms with Gasteiger partial charge in [-0.1, -0.05) is 41.4 Å². The van der Waals surface area contributed by atoms with E-state index in [1.165, 1.54) is 11.8 Å².